The highest BCUT2D eigenvalue weighted by Gasteiger charge is 2.17. The molecule has 0 saturated carbocycles. The minimum Gasteiger partial charge on any atom is -0.494 e. The second-order valence-corrected chi connectivity index (χ2v) is 11.0. The van der Waals surface area contributed by atoms with Crippen molar-refractivity contribution in [1.29, 1.82) is 0 Å². The highest BCUT2D eigenvalue weighted by atomic mass is 31.2. The number of unbranched alkanes of at least 4 members (excludes halogenated alkanes) is 10. The van der Waals surface area contributed by atoms with Crippen LogP contribution in [0.2, 0.25) is 0 Å². The minimum atomic E-state index is -1.99. The van der Waals surface area contributed by atoms with Crippen LogP contribution >= 0.6 is 8.60 Å². The molecule has 0 aliphatic heterocycles. The fourth-order valence-electron chi connectivity index (χ4n) is 3.99. The molecule has 1 rings (SSSR count). The van der Waals surface area contributed by atoms with Crippen LogP contribution in [0.1, 0.15) is 96.5 Å². The summed E-state index contributed by atoms with van der Waals surface area (Å²) in [6.07, 6.45) is 14.9. The number of hydrogen-bond donors (Lipinski definition) is 1. The zero-order valence-corrected chi connectivity index (χ0v) is 24.7. The second kappa shape index (κ2) is 22.7. The van der Waals surface area contributed by atoms with E-state index >= 15 is 0 Å². The predicted octanol–water partition coefficient (Wildman–Crippen LogP) is 7.05. The Bertz CT molecular complexity index is 673. The number of nitrogens with zero attached hydrogens (tertiary/aromatic N) is 1. The number of benzene rings is 1. The Balaban J connectivity index is 2.24. The molecule has 0 heterocycles. The molecule has 0 aliphatic rings. The third-order valence-corrected chi connectivity index (χ3v) is 6.83. The van der Waals surface area contributed by atoms with E-state index in [9.17, 15) is 9.69 Å². The van der Waals surface area contributed by atoms with Crippen LogP contribution < -0.4 is 4.74 Å². The number of carbonyl (C=O) groups excluding carboxylic acids is 1. The molecule has 0 radical (unpaired) electrons. The summed E-state index contributed by atoms with van der Waals surface area (Å²) in [7, 11) is 2.06. The Kier molecular flexibility index (Phi) is 20.7. The van der Waals surface area contributed by atoms with Crippen molar-refractivity contribution in [1.82, 2.24) is 4.90 Å². The molecule has 37 heavy (non-hydrogen) atoms. The number of hydrogen-bond acceptors (Lipinski definition) is 7. The van der Waals surface area contributed by atoms with E-state index in [4.69, 9.17) is 18.5 Å². The van der Waals surface area contributed by atoms with Gasteiger partial charge in [-0.3, -0.25) is 4.79 Å². The topological polar surface area (TPSA) is 77.5 Å². The first-order chi connectivity index (χ1) is 17.9. The first-order valence-electron chi connectivity index (χ1n) is 14.2. The van der Waals surface area contributed by atoms with Gasteiger partial charge < -0.3 is 28.3 Å². The van der Waals surface area contributed by atoms with Gasteiger partial charge in [-0.25, -0.2) is 0 Å². The Hall–Kier alpha value is -1.24. The molecule has 214 valence electrons. The van der Waals surface area contributed by atoms with Gasteiger partial charge in [-0.05, 0) is 57.6 Å². The molecule has 0 saturated heterocycles. The third-order valence-electron chi connectivity index (χ3n) is 6.06. The van der Waals surface area contributed by atoms with E-state index in [2.05, 4.69) is 11.8 Å². The molecule has 0 amide bonds. The van der Waals surface area contributed by atoms with Crippen LogP contribution in [0.5, 0.6) is 5.75 Å². The summed E-state index contributed by atoms with van der Waals surface area (Å²) >= 11 is 0. The maximum Gasteiger partial charge on any atom is 0.329 e. The third kappa shape index (κ3) is 20.4. The molecule has 0 aromatic heterocycles. The summed E-state index contributed by atoms with van der Waals surface area (Å²) in [6, 6.07) is 7.86. The van der Waals surface area contributed by atoms with Crippen LogP contribution in [0.3, 0.4) is 0 Å². The number of esters is 1. The van der Waals surface area contributed by atoms with E-state index in [0.29, 0.717) is 13.0 Å². The Labute approximate surface area is 227 Å². The fraction of sp³-hybridized carbons (Fsp3) is 0.759. The number of ether oxygens (including phenoxy) is 2. The molecule has 0 bridgehead atoms. The van der Waals surface area contributed by atoms with Crippen molar-refractivity contribution in [2.45, 2.75) is 103 Å². The van der Waals surface area contributed by atoms with Crippen molar-refractivity contribution in [2.75, 3.05) is 40.5 Å². The van der Waals surface area contributed by atoms with Crippen molar-refractivity contribution in [3.05, 3.63) is 29.8 Å². The molecule has 1 aromatic carbocycles. The van der Waals surface area contributed by atoms with Gasteiger partial charge in [0.25, 0.3) is 0 Å². The van der Waals surface area contributed by atoms with Crippen molar-refractivity contribution >= 4 is 14.6 Å². The van der Waals surface area contributed by atoms with Crippen molar-refractivity contribution < 1.29 is 28.2 Å². The highest BCUT2D eigenvalue weighted by Crippen LogP contribution is 2.33. The van der Waals surface area contributed by atoms with Crippen LogP contribution in [0.15, 0.2) is 24.3 Å². The summed E-state index contributed by atoms with van der Waals surface area (Å²) in [5.74, 6) is 0.471. The van der Waals surface area contributed by atoms with Gasteiger partial charge in [-0.15, -0.1) is 0 Å². The summed E-state index contributed by atoms with van der Waals surface area (Å²) in [5.41, 5.74) is 1.01. The average molecular weight is 542 g/mol. The summed E-state index contributed by atoms with van der Waals surface area (Å²) in [5, 5.41) is 0. The maximum atomic E-state index is 11.5. The van der Waals surface area contributed by atoms with Crippen LogP contribution in [0, 0.1) is 0 Å². The zero-order chi connectivity index (χ0) is 27.1. The van der Waals surface area contributed by atoms with Crippen LogP contribution in [-0.4, -0.2) is 62.3 Å². The molecule has 8 heteroatoms. The van der Waals surface area contributed by atoms with Crippen molar-refractivity contribution in [2.24, 2.45) is 0 Å². The quantitative estimate of drug-likeness (QED) is 0.0853. The molecule has 0 aliphatic carbocycles. The SMILES string of the molecule is CCCCCCCCCCCCOc1ccc(CC(COP(O)OCCCCN(C)C)OC(C)=O)cc1. The monoisotopic (exact) mass is 541 g/mol. The fourth-order valence-corrected chi connectivity index (χ4v) is 4.64. The van der Waals surface area contributed by atoms with Gasteiger partial charge in [-0.1, -0.05) is 76.8 Å². The second-order valence-electron chi connectivity index (χ2n) is 9.99. The molecular weight excluding hydrogens is 489 g/mol. The van der Waals surface area contributed by atoms with Gasteiger partial charge in [-0.2, -0.15) is 0 Å². The van der Waals surface area contributed by atoms with E-state index in [1.165, 1.54) is 64.7 Å². The van der Waals surface area contributed by atoms with Gasteiger partial charge in [0, 0.05) is 13.3 Å². The van der Waals surface area contributed by atoms with E-state index in [1.54, 1.807) is 0 Å². The molecule has 7 nitrogen and oxygen atoms in total. The number of rotatable bonds is 24. The Morgan fingerprint density at radius 3 is 2.05 bits per heavy atom. The summed E-state index contributed by atoms with van der Waals surface area (Å²) in [6.45, 7) is 5.86. The molecular formula is C29H52NO6P. The lowest BCUT2D eigenvalue weighted by Gasteiger charge is -2.19. The molecule has 1 aromatic rings. The Morgan fingerprint density at radius 1 is 0.865 bits per heavy atom. The first kappa shape index (κ1) is 33.8. The largest absolute Gasteiger partial charge is 0.494 e. The zero-order valence-electron chi connectivity index (χ0n) is 23.8. The normalized spacial score (nSPS) is 13.0. The van der Waals surface area contributed by atoms with Gasteiger partial charge >= 0.3 is 14.6 Å². The van der Waals surface area contributed by atoms with Gasteiger partial charge in [0.1, 0.15) is 11.9 Å². The molecule has 0 fully saturated rings. The minimum absolute atomic E-state index is 0.0798. The van der Waals surface area contributed by atoms with E-state index < -0.39 is 14.7 Å². The van der Waals surface area contributed by atoms with Crippen LogP contribution in [0.25, 0.3) is 0 Å². The van der Waals surface area contributed by atoms with Crippen LogP contribution in [-0.2, 0) is 25.0 Å². The molecule has 1 N–H and O–H groups in total. The van der Waals surface area contributed by atoms with Gasteiger partial charge in [0.05, 0.1) is 19.8 Å². The van der Waals surface area contributed by atoms with Gasteiger partial charge in [0.2, 0.25) is 0 Å². The lowest BCUT2D eigenvalue weighted by molar-refractivity contribution is -0.147. The standard InChI is InChI=1S/C29H52NO6P/c1-5-6-7-8-9-10-11-12-13-15-22-33-28-19-17-27(18-20-28)24-29(36-26(2)31)25-35-37(32)34-23-16-14-21-30(3)4/h17-20,29,32H,5-16,21-25H2,1-4H3. The maximum absolute atomic E-state index is 11.5. The smallest absolute Gasteiger partial charge is 0.329 e. The average Bonchev–Trinajstić information content (AvgIpc) is 2.86. The molecule has 2 unspecified atom stereocenters. The molecule has 0 spiro atoms. The van der Waals surface area contributed by atoms with E-state index in [1.807, 2.05) is 38.4 Å². The van der Waals surface area contributed by atoms with E-state index in [-0.39, 0.29) is 12.6 Å². The van der Waals surface area contributed by atoms with Gasteiger partial charge in [0.15, 0.2) is 0 Å². The van der Waals surface area contributed by atoms with Crippen molar-refractivity contribution in [3.63, 3.8) is 0 Å². The molecule has 2 atom stereocenters. The van der Waals surface area contributed by atoms with Crippen molar-refractivity contribution in [3.8, 4) is 5.75 Å². The Morgan fingerprint density at radius 2 is 1.46 bits per heavy atom. The first-order valence-corrected chi connectivity index (χ1v) is 15.3. The lowest BCUT2D eigenvalue weighted by atomic mass is 10.1. The number of carbonyl (C=O) groups is 1. The van der Waals surface area contributed by atoms with Crippen LogP contribution in [0.4, 0.5) is 0 Å². The van der Waals surface area contributed by atoms with E-state index in [0.717, 1.165) is 43.7 Å². The lowest BCUT2D eigenvalue weighted by Crippen LogP contribution is -2.24. The summed E-state index contributed by atoms with van der Waals surface area (Å²) < 4.78 is 22.1. The summed E-state index contributed by atoms with van der Waals surface area (Å²) in [4.78, 5) is 23.6. The predicted molar refractivity (Wildman–Crippen MR) is 152 cm³/mol. The highest BCUT2D eigenvalue weighted by molar-refractivity contribution is 7.40.